The molecule has 9 nitrogen and oxygen atoms in total. The largest absolute Gasteiger partial charge is 0.497 e. The molecule has 0 spiro atoms. The Labute approximate surface area is 185 Å². The van der Waals surface area contributed by atoms with E-state index in [-0.39, 0.29) is 22.9 Å². The van der Waals surface area contributed by atoms with Crippen molar-refractivity contribution in [1.82, 2.24) is 4.98 Å². The number of benzene rings is 2. The zero-order valence-corrected chi connectivity index (χ0v) is 18.1. The molecule has 9 heteroatoms. The van der Waals surface area contributed by atoms with Gasteiger partial charge in [0.05, 0.1) is 39.7 Å². The van der Waals surface area contributed by atoms with E-state index in [4.69, 9.17) is 35.2 Å². The van der Waals surface area contributed by atoms with Crippen molar-refractivity contribution in [2.24, 2.45) is 0 Å². The zero-order chi connectivity index (χ0) is 23.0. The van der Waals surface area contributed by atoms with Crippen LogP contribution in [0.1, 0.15) is 28.2 Å². The fraction of sp³-hybridized carbons (Fsp3) is 0.217. The quantitative estimate of drug-likeness (QED) is 0.484. The number of nitrogen functional groups attached to an aromatic ring is 2. The maximum atomic E-state index is 9.59. The first-order valence-corrected chi connectivity index (χ1v) is 9.61. The average Bonchev–Trinajstić information content (AvgIpc) is 2.81. The predicted octanol–water partition coefficient (Wildman–Crippen LogP) is 3.44. The van der Waals surface area contributed by atoms with Gasteiger partial charge in [0.25, 0.3) is 0 Å². The maximum Gasteiger partial charge on any atom is 0.227 e. The van der Waals surface area contributed by atoms with E-state index in [1.54, 1.807) is 27.4 Å². The first-order valence-electron chi connectivity index (χ1n) is 9.61. The number of hydrogen-bond donors (Lipinski definition) is 2. The Morgan fingerprint density at radius 2 is 1.66 bits per heavy atom. The summed E-state index contributed by atoms with van der Waals surface area (Å²) >= 11 is 0. The highest BCUT2D eigenvalue weighted by molar-refractivity contribution is 5.76. The summed E-state index contributed by atoms with van der Waals surface area (Å²) in [6.45, 7) is 0. The third-order valence-corrected chi connectivity index (χ3v) is 5.43. The molecule has 1 aliphatic rings. The Balaban J connectivity index is 2.06. The molecule has 0 bridgehead atoms. The molecular formula is C23H22N4O5. The average molecular weight is 434 g/mol. The van der Waals surface area contributed by atoms with Gasteiger partial charge in [0.15, 0.2) is 11.5 Å². The van der Waals surface area contributed by atoms with E-state index in [2.05, 4.69) is 4.98 Å². The number of anilines is 2. The van der Waals surface area contributed by atoms with E-state index in [9.17, 15) is 5.26 Å². The number of aromatic nitrogens is 1. The van der Waals surface area contributed by atoms with Gasteiger partial charge >= 0.3 is 0 Å². The highest BCUT2D eigenvalue weighted by Crippen LogP contribution is 2.53. The number of methoxy groups -OCH3 is 4. The summed E-state index contributed by atoms with van der Waals surface area (Å²) in [4.78, 5) is 4.32. The van der Waals surface area contributed by atoms with Crippen LogP contribution in [0.25, 0.3) is 0 Å². The van der Waals surface area contributed by atoms with Gasteiger partial charge in [-0.3, -0.25) is 0 Å². The summed E-state index contributed by atoms with van der Waals surface area (Å²) < 4.78 is 27.9. The highest BCUT2D eigenvalue weighted by atomic mass is 16.5. The predicted molar refractivity (Wildman–Crippen MR) is 118 cm³/mol. The summed E-state index contributed by atoms with van der Waals surface area (Å²) in [5.74, 6) is 2.34. The van der Waals surface area contributed by atoms with Gasteiger partial charge in [0.1, 0.15) is 28.9 Å². The minimum atomic E-state index is -0.450. The first kappa shape index (κ1) is 20.9. The van der Waals surface area contributed by atoms with Crippen LogP contribution in [0.3, 0.4) is 0 Å². The van der Waals surface area contributed by atoms with E-state index in [1.165, 1.54) is 7.11 Å². The lowest BCUT2D eigenvalue weighted by atomic mass is 9.82. The number of fused-ring (bicyclic) bond motifs is 2. The van der Waals surface area contributed by atoms with Crippen LogP contribution in [0.5, 0.6) is 34.6 Å². The fourth-order valence-corrected chi connectivity index (χ4v) is 3.93. The van der Waals surface area contributed by atoms with E-state index >= 15 is 0 Å². The van der Waals surface area contributed by atoms with Gasteiger partial charge in [-0.25, -0.2) is 0 Å². The van der Waals surface area contributed by atoms with Crippen molar-refractivity contribution in [3.63, 3.8) is 0 Å². The van der Waals surface area contributed by atoms with E-state index in [0.717, 1.165) is 11.1 Å². The summed E-state index contributed by atoms with van der Waals surface area (Å²) in [7, 11) is 6.20. The molecular weight excluding hydrogens is 412 g/mol. The lowest BCUT2D eigenvalue weighted by molar-refractivity contribution is 0.323. The van der Waals surface area contributed by atoms with Gasteiger partial charge in [-0.05, 0) is 23.8 Å². The van der Waals surface area contributed by atoms with Gasteiger partial charge in [-0.1, -0.05) is 6.07 Å². The number of hydrogen-bond acceptors (Lipinski definition) is 9. The van der Waals surface area contributed by atoms with Crippen molar-refractivity contribution in [1.29, 1.82) is 5.26 Å². The summed E-state index contributed by atoms with van der Waals surface area (Å²) in [5.41, 5.74) is 14.8. The maximum absolute atomic E-state index is 9.59. The van der Waals surface area contributed by atoms with Crippen molar-refractivity contribution in [2.45, 2.75) is 5.92 Å². The minimum absolute atomic E-state index is 0.00117. The lowest BCUT2D eigenvalue weighted by Gasteiger charge is -2.30. The minimum Gasteiger partial charge on any atom is -0.497 e. The third kappa shape index (κ3) is 3.13. The number of rotatable bonds is 5. The van der Waals surface area contributed by atoms with Crippen molar-refractivity contribution in [3.8, 4) is 40.7 Å². The van der Waals surface area contributed by atoms with Crippen LogP contribution in [-0.2, 0) is 0 Å². The Morgan fingerprint density at radius 1 is 0.969 bits per heavy atom. The molecule has 3 aromatic rings. The number of nitriles is 1. The second-order valence-electron chi connectivity index (χ2n) is 7.01. The standard InChI is InChI=1S/C23H22N4O5/c1-28-12-5-6-13-15(9-12)32-23-19(20(25)14(10-24)22(26)27-23)18(13)11-7-16(29-2)21(31-4)17(8-11)30-3/h5-9,18H,1-4H3,(H4,25,26,27)/t18-/m0/s1. The third-order valence-electron chi connectivity index (χ3n) is 5.43. The number of nitrogens with zero attached hydrogens (tertiary/aromatic N) is 2. The first-order chi connectivity index (χ1) is 15.5. The van der Waals surface area contributed by atoms with Crippen LogP contribution in [0, 0.1) is 11.3 Å². The van der Waals surface area contributed by atoms with Gasteiger partial charge in [-0.15, -0.1) is 0 Å². The molecule has 2 heterocycles. The summed E-state index contributed by atoms with van der Waals surface area (Å²) in [5, 5.41) is 9.59. The highest BCUT2D eigenvalue weighted by Gasteiger charge is 2.35. The molecule has 1 aliphatic heterocycles. The molecule has 1 aromatic heterocycles. The van der Waals surface area contributed by atoms with Crippen LogP contribution < -0.4 is 35.2 Å². The van der Waals surface area contributed by atoms with Gasteiger partial charge in [0, 0.05) is 17.5 Å². The van der Waals surface area contributed by atoms with Crippen molar-refractivity contribution >= 4 is 11.5 Å². The van der Waals surface area contributed by atoms with E-state index in [0.29, 0.717) is 34.3 Å². The molecule has 0 unspecified atom stereocenters. The Kier molecular flexibility index (Phi) is 5.28. The molecule has 0 amide bonds. The van der Waals surface area contributed by atoms with Crippen LogP contribution in [-0.4, -0.2) is 33.4 Å². The molecule has 2 aromatic carbocycles. The number of ether oxygens (including phenoxy) is 5. The molecule has 0 saturated carbocycles. The molecule has 0 fully saturated rings. The van der Waals surface area contributed by atoms with Crippen LogP contribution in [0.4, 0.5) is 11.5 Å². The Bertz CT molecular complexity index is 1230. The normalized spacial score (nSPS) is 13.8. The van der Waals surface area contributed by atoms with E-state index in [1.807, 2.05) is 30.3 Å². The van der Waals surface area contributed by atoms with Crippen molar-refractivity contribution < 1.29 is 23.7 Å². The smallest absolute Gasteiger partial charge is 0.227 e. The van der Waals surface area contributed by atoms with Crippen LogP contribution in [0.15, 0.2) is 30.3 Å². The van der Waals surface area contributed by atoms with Crippen LogP contribution in [0.2, 0.25) is 0 Å². The second-order valence-corrected chi connectivity index (χ2v) is 7.01. The number of pyridine rings is 1. The monoisotopic (exact) mass is 434 g/mol. The zero-order valence-electron chi connectivity index (χ0n) is 18.1. The molecule has 32 heavy (non-hydrogen) atoms. The second kappa shape index (κ2) is 8.07. The fourth-order valence-electron chi connectivity index (χ4n) is 3.93. The van der Waals surface area contributed by atoms with Gasteiger partial charge in [0.2, 0.25) is 11.6 Å². The molecule has 0 aliphatic carbocycles. The topological polar surface area (TPSA) is 135 Å². The SMILES string of the molecule is COc1ccc2c(c1)Oc1nc(N)c(C#N)c(N)c1[C@H]2c1cc(OC)c(OC)c(OC)c1. The molecule has 4 rings (SSSR count). The Hall–Kier alpha value is -4.32. The number of nitrogens with two attached hydrogens (primary N) is 2. The summed E-state index contributed by atoms with van der Waals surface area (Å²) in [6.07, 6.45) is 0. The van der Waals surface area contributed by atoms with Gasteiger partial charge < -0.3 is 35.2 Å². The van der Waals surface area contributed by atoms with Gasteiger partial charge in [-0.2, -0.15) is 10.2 Å². The molecule has 0 radical (unpaired) electrons. The van der Waals surface area contributed by atoms with Crippen LogP contribution >= 0.6 is 0 Å². The molecule has 0 saturated heterocycles. The van der Waals surface area contributed by atoms with Crippen molar-refractivity contribution in [2.75, 3.05) is 39.9 Å². The summed E-state index contributed by atoms with van der Waals surface area (Å²) in [6, 6.07) is 11.2. The lowest BCUT2D eigenvalue weighted by Crippen LogP contribution is -2.17. The van der Waals surface area contributed by atoms with E-state index < -0.39 is 5.92 Å². The molecule has 1 atom stereocenters. The Morgan fingerprint density at radius 3 is 2.22 bits per heavy atom. The van der Waals surface area contributed by atoms with Crippen molar-refractivity contribution in [3.05, 3.63) is 52.6 Å². The molecule has 4 N–H and O–H groups in total. The molecule has 164 valence electrons.